The number of benzene rings is 1. The first-order chi connectivity index (χ1) is 14.2. The van der Waals surface area contributed by atoms with E-state index >= 15 is 0 Å². The average Bonchev–Trinajstić information content (AvgIpc) is 2.78. The number of rotatable bonds is 9. The molecule has 1 fully saturated rings. The fraction of sp³-hybridized carbons (Fsp3) is 0.500. The summed E-state index contributed by atoms with van der Waals surface area (Å²) in [6.45, 7) is 7.98. The highest BCUT2D eigenvalue weighted by Gasteiger charge is 2.17. The Kier molecular flexibility index (Phi) is 7.95. The SMILES string of the molecule is CCCCN(C)C(=O)c1cc(NCCN2CCOCC2)nc(-c2ccccc2)n1. The summed E-state index contributed by atoms with van der Waals surface area (Å²) in [4.78, 5) is 26.2. The summed E-state index contributed by atoms with van der Waals surface area (Å²) >= 11 is 0. The molecule has 1 aromatic heterocycles. The van der Waals surface area contributed by atoms with Crippen LogP contribution in [0.3, 0.4) is 0 Å². The van der Waals surface area contributed by atoms with E-state index in [2.05, 4.69) is 27.1 Å². The first-order valence-electron chi connectivity index (χ1n) is 10.4. The molecule has 1 N–H and O–H groups in total. The molecule has 1 saturated heterocycles. The van der Waals surface area contributed by atoms with Crippen LogP contribution in [0.2, 0.25) is 0 Å². The molecule has 1 aliphatic heterocycles. The summed E-state index contributed by atoms with van der Waals surface area (Å²) in [6.07, 6.45) is 2.02. The minimum atomic E-state index is -0.0748. The first kappa shape index (κ1) is 21.2. The maximum Gasteiger partial charge on any atom is 0.272 e. The Morgan fingerprint density at radius 3 is 2.69 bits per heavy atom. The molecule has 1 aromatic carbocycles. The van der Waals surface area contributed by atoms with Gasteiger partial charge in [-0.2, -0.15) is 0 Å². The normalized spacial score (nSPS) is 14.6. The predicted octanol–water partition coefficient (Wildman–Crippen LogP) is 2.76. The molecular weight excluding hydrogens is 366 g/mol. The Labute approximate surface area is 173 Å². The van der Waals surface area contributed by atoms with Crippen LogP contribution >= 0.6 is 0 Å². The molecule has 1 aliphatic rings. The lowest BCUT2D eigenvalue weighted by atomic mass is 10.2. The van der Waals surface area contributed by atoms with Gasteiger partial charge in [0, 0.05) is 51.4 Å². The van der Waals surface area contributed by atoms with E-state index in [-0.39, 0.29) is 5.91 Å². The largest absolute Gasteiger partial charge is 0.379 e. The third-order valence-electron chi connectivity index (χ3n) is 5.01. The predicted molar refractivity (Wildman–Crippen MR) is 115 cm³/mol. The van der Waals surface area contributed by atoms with Gasteiger partial charge in [0.05, 0.1) is 13.2 Å². The third-order valence-corrected chi connectivity index (χ3v) is 5.01. The molecule has 156 valence electrons. The topological polar surface area (TPSA) is 70.6 Å². The number of morpholine rings is 1. The number of aromatic nitrogens is 2. The number of carbonyl (C=O) groups is 1. The second kappa shape index (κ2) is 10.9. The van der Waals surface area contributed by atoms with Gasteiger partial charge in [0.25, 0.3) is 5.91 Å². The molecule has 0 radical (unpaired) electrons. The maximum atomic E-state index is 12.9. The molecule has 2 heterocycles. The van der Waals surface area contributed by atoms with Gasteiger partial charge < -0.3 is 15.0 Å². The zero-order chi connectivity index (χ0) is 20.5. The molecule has 0 bridgehead atoms. The molecule has 0 aliphatic carbocycles. The number of anilines is 1. The number of ether oxygens (including phenoxy) is 1. The number of hydrogen-bond donors (Lipinski definition) is 1. The van der Waals surface area contributed by atoms with E-state index in [1.807, 2.05) is 37.4 Å². The number of nitrogens with one attached hydrogen (secondary N) is 1. The van der Waals surface area contributed by atoms with E-state index in [1.165, 1.54) is 0 Å². The van der Waals surface area contributed by atoms with E-state index < -0.39 is 0 Å². The average molecular weight is 398 g/mol. The van der Waals surface area contributed by atoms with Crippen LogP contribution in [0, 0.1) is 0 Å². The molecule has 0 atom stereocenters. The maximum absolute atomic E-state index is 12.9. The van der Waals surface area contributed by atoms with Crippen LogP contribution in [0.5, 0.6) is 0 Å². The van der Waals surface area contributed by atoms with Gasteiger partial charge in [-0.3, -0.25) is 9.69 Å². The molecule has 0 saturated carbocycles. The Morgan fingerprint density at radius 1 is 1.21 bits per heavy atom. The van der Waals surface area contributed by atoms with Crippen molar-refractivity contribution >= 4 is 11.7 Å². The molecule has 2 aromatic rings. The molecule has 1 amide bonds. The van der Waals surface area contributed by atoms with Crippen LogP contribution in [0.4, 0.5) is 5.82 Å². The zero-order valence-electron chi connectivity index (χ0n) is 17.4. The number of unbranched alkanes of at least 4 members (excludes halogenated alkanes) is 1. The van der Waals surface area contributed by atoms with Crippen molar-refractivity contribution in [2.75, 3.05) is 58.3 Å². The number of carbonyl (C=O) groups excluding carboxylic acids is 1. The lowest BCUT2D eigenvalue weighted by Crippen LogP contribution is -2.39. The standard InChI is InChI=1S/C22H31N5O2/c1-3-4-11-26(2)22(28)19-17-20(23-10-12-27-13-15-29-16-14-27)25-21(24-19)18-8-6-5-7-9-18/h5-9,17H,3-4,10-16H2,1-2H3,(H,23,24,25). The highest BCUT2D eigenvalue weighted by molar-refractivity contribution is 5.93. The second-order valence-corrected chi connectivity index (χ2v) is 7.29. The van der Waals surface area contributed by atoms with Crippen LogP contribution in [-0.4, -0.2) is 78.7 Å². The Morgan fingerprint density at radius 2 is 1.97 bits per heavy atom. The third kappa shape index (κ3) is 6.24. The van der Waals surface area contributed by atoms with Crippen molar-refractivity contribution in [1.82, 2.24) is 19.8 Å². The molecule has 7 heteroatoms. The molecule has 29 heavy (non-hydrogen) atoms. The van der Waals surface area contributed by atoms with Crippen molar-refractivity contribution in [3.05, 3.63) is 42.1 Å². The van der Waals surface area contributed by atoms with E-state index in [1.54, 1.807) is 11.0 Å². The van der Waals surface area contributed by atoms with Gasteiger partial charge in [0.15, 0.2) is 5.82 Å². The number of hydrogen-bond acceptors (Lipinski definition) is 6. The van der Waals surface area contributed by atoms with Crippen molar-refractivity contribution < 1.29 is 9.53 Å². The van der Waals surface area contributed by atoms with Crippen molar-refractivity contribution in [3.8, 4) is 11.4 Å². The van der Waals surface area contributed by atoms with Gasteiger partial charge in [-0.25, -0.2) is 9.97 Å². The van der Waals surface area contributed by atoms with Crippen LogP contribution in [0.15, 0.2) is 36.4 Å². The highest BCUT2D eigenvalue weighted by atomic mass is 16.5. The lowest BCUT2D eigenvalue weighted by molar-refractivity contribution is 0.0398. The summed E-state index contributed by atoms with van der Waals surface area (Å²) in [5.41, 5.74) is 1.32. The van der Waals surface area contributed by atoms with Crippen LogP contribution in [0.25, 0.3) is 11.4 Å². The molecular formula is C22H31N5O2. The number of amides is 1. The molecule has 7 nitrogen and oxygen atoms in total. The van der Waals surface area contributed by atoms with Gasteiger partial charge in [-0.15, -0.1) is 0 Å². The molecule has 0 unspecified atom stereocenters. The van der Waals surface area contributed by atoms with Crippen LogP contribution in [-0.2, 0) is 4.74 Å². The number of nitrogens with zero attached hydrogens (tertiary/aromatic N) is 4. The van der Waals surface area contributed by atoms with Crippen molar-refractivity contribution in [1.29, 1.82) is 0 Å². The van der Waals surface area contributed by atoms with E-state index in [0.717, 1.165) is 64.3 Å². The van der Waals surface area contributed by atoms with Gasteiger partial charge in [-0.1, -0.05) is 43.7 Å². The van der Waals surface area contributed by atoms with Crippen molar-refractivity contribution in [3.63, 3.8) is 0 Å². The monoisotopic (exact) mass is 397 g/mol. The smallest absolute Gasteiger partial charge is 0.272 e. The summed E-state index contributed by atoms with van der Waals surface area (Å²) in [6, 6.07) is 11.5. The second-order valence-electron chi connectivity index (χ2n) is 7.29. The van der Waals surface area contributed by atoms with Gasteiger partial charge in [0.2, 0.25) is 0 Å². The van der Waals surface area contributed by atoms with Crippen molar-refractivity contribution in [2.24, 2.45) is 0 Å². The lowest BCUT2D eigenvalue weighted by Gasteiger charge is -2.26. The summed E-state index contributed by atoms with van der Waals surface area (Å²) in [5.74, 6) is 1.17. The fourth-order valence-corrected chi connectivity index (χ4v) is 3.22. The highest BCUT2D eigenvalue weighted by Crippen LogP contribution is 2.18. The van der Waals surface area contributed by atoms with Crippen molar-refractivity contribution in [2.45, 2.75) is 19.8 Å². The van der Waals surface area contributed by atoms with E-state index in [9.17, 15) is 4.79 Å². The summed E-state index contributed by atoms with van der Waals surface area (Å²) in [7, 11) is 1.83. The van der Waals surface area contributed by atoms with E-state index in [0.29, 0.717) is 17.3 Å². The van der Waals surface area contributed by atoms with Gasteiger partial charge in [0.1, 0.15) is 11.5 Å². The Bertz CT molecular complexity index is 778. The van der Waals surface area contributed by atoms with Crippen LogP contribution < -0.4 is 5.32 Å². The van der Waals surface area contributed by atoms with Gasteiger partial charge in [-0.05, 0) is 6.42 Å². The van der Waals surface area contributed by atoms with E-state index in [4.69, 9.17) is 4.74 Å². The molecule has 3 rings (SSSR count). The minimum absolute atomic E-state index is 0.0748. The zero-order valence-corrected chi connectivity index (χ0v) is 17.4. The minimum Gasteiger partial charge on any atom is -0.379 e. The quantitative estimate of drug-likeness (QED) is 0.702. The van der Waals surface area contributed by atoms with Gasteiger partial charge >= 0.3 is 0 Å². The summed E-state index contributed by atoms with van der Waals surface area (Å²) < 4.78 is 5.40. The van der Waals surface area contributed by atoms with Crippen LogP contribution in [0.1, 0.15) is 30.3 Å². The molecule has 0 spiro atoms. The summed E-state index contributed by atoms with van der Waals surface area (Å²) in [5, 5.41) is 3.38. The fourth-order valence-electron chi connectivity index (χ4n) is 3.22. The Hall–Kier alpha value is -2.51. The Balaban J connectivity index is 1.76. The first-order valence-corrected chi connectivity index (χ1v) is 10.4.